The third-order valence-corrected chi connectivity index (χ3v) is 4.32. The number of H-pyrrole nitrogens is 1. The Morgan fingerprint density at radius 3 is 2.74 bits per heavy atom. The van der Waals surface area contributed by atoms with Crippen molar-refractivity contribution >= 4 is 28.7 Å². The third-order valence-electron chi connectivity index (χ3n) is 3.31. The van der Waals surface area contributed by atoms with Gasteiger partial charge in [0.2, 0.25) is 5.91 Å². The minimum absolute atomic E-state index is 0.0459. The topological polar surface area (TPSA) is 57.8 Å². The molecule has 0 saturated heterocycles. The van der Waals surface area contributed by atoms with E-state index < -0.39 is 0 Å². The summed E-state index contributed by atoms with van der Waals surface area (Å²) in [6.45, 7) is 0.530. The van der Waals surface area contributed by atoms with E-state index in [0.717, 1.165) is 21.8 Å². The monoisotopic (exact) mass is 329 g/mol. The Labute approximate surface area is 137 Å². The van der Waals surface area contributed by atoms with Gasteiger partial charge in [0, 0.05) is 17.9 Å². The number of imidazole rings is 1. The van der Waals surface area contributed by atoms with Crippen molar-refractivity contribution in [1.29, 1.82) is 0 Å². The lowest BCUT2D eigenvalue weighted by Gasteiger charge is -2.04. The number of benzene rings is 2. The lowest BCUT2D eigenvalue weighted by Crippen LogP contribution is -2.27. The van der Waals surface area contributed by atoms with E-state index in [1.165, 1.54) is 23.9 Å². The number of para-hydroxylation sites is 2. The quantitative estimate of drug-likeness (QED) is 0.683. The van der Waals surface area contributed by atoms with Crippen molar-refractivity contribution in [3.8, 4) is 0 Å². The van der Waals surface area contributed by atoms with E-state index in [1.807, 2.05) is 24.3 Å². The number of carbonyl (C=O) groups excluding carboxylic acids is 1. The van der Waals surface area contributed by atoms with Gasteiger partial charge in [-0.1, -0.05) is 12.1 Å². The van der Waals surface area contributed by atoms with Gasteiger partial charge in [0.05, 0.1) is 16.8 Å². The van der Waals surface area contributed by atoms with Crippen LogP contribution < -0.4 is 5.32 Å². The molecule has 0 aliphatic rings. The van der Waals surface area contributed by atoms with Crippen molar-refractivity contribution in [3.05, 3.63) is 60.2 Å². The van der Waals surface area contributed by atoms with Gasteiger partial charge in [0.15, 0.2) is 0 Å². The van der Waals surface area contributed by atoms with Gasteiger partial charge >= 0.3 is 0 Å². The normalized spacial score (nSPS) is 10.8. The molecule has 0 fully saturated rings. The van der Waals surface area contributed by atoms with Crippen LogP contribution in [0.1, 0.15) is 5.82 Å². The molecule has 2 N–H and O–H groups in total. The second-order valence-electron chi connectivity index (χ2n) is 5.04. The van der Waals surface area contributed by atoms with Crippen molar-refractivity contribution in [2.75, 3.05) is 12.3 Å². The van der Waals surface area contributed by atoms with Crippen molar-refractivity contribution in [2.24, 2.45) is 0 Å². The molecule has 0 spiro atoms. The van der Waals surface area contributed by atoms with Gasteiger partial charge in [-0.15, -0.1) is 11.8 Å². The summed E-state index contributed by atoms with van der Waals surface area (Å²) in [6.07, 6.45) is 0.654. The van der Waals surface area contributed by atoms with Crippen molar-refractivity contribution in [2.45, 2.75) is 11.3 Å². The summed E-state index contributed by atoms with van der Waals surface area (Å²) in [6, 6.07) is 13.9. The van der Waals surface area contributed by atoms with Crippen LogP contribution in [0.15, 0.2) is 53.4 Å². The van der Waals surface area contributed by atoms with Crippen LogP contribution in [0.4, 0.5) is 4.39 Å². The van der Waals surface area contributed by atoms with Crippen LogP contribution in [-0.4, -0.2) is 28.2 Å². The first-order chi connectivity index (χ1) is 11.2. The molecule has 4 nitrogen and oxygen atoms in total. The molecule has 2 aromatic carbocycles. The van der Waals surface area contributed by atoms with Crippen LogP contribution in [0.3, 0.4) is 0 Å². The Morgan fingerprint density at radius 1 is 1.17 bits per heavy atom. The summed E-state index contributed by atoms with van der Waals surface area (Å²) in [7, 11) is 0. The molecule has 0 atom stereocenters. The molecular weight excluding hydrogens is 313 g/mol. The lowest BCUT2D eigenvalue weighted by atomic mass is 10.3. The zero-order valence-corrected chi connectivity index (χ0v) is 13.2. The molecule has 0 unspecified atom stereocenters. The lowest BCUT2D eigenvalue weighted by molar-refractivity contribution is -0.118. The summed E-state index contributed by atoms with van der Waals surface area (Å²) in [5.74, 6) is 0.851. The van der Waals surface area contributed by atoms with Gasteiger partial charge in [0.1, 0.15) is 11.6 Å². The number of hydrogen-bond acceptors (Lipinski definition) is 3. The zero-order valence-electron chi connectivity index (χ0n) is 12.4. The van der Waals surface area contributed by atoms with Crippen LogP contribution in [0, 0.1) is 5.82 Å². The summed E-state index contributed by atoms with van der Waals surface area (Å²) in [5, 5.41) is 2.86. The maximum atomic E-state index is 12.8. The average Bonchev–Trinajstić information content (AvgIpc) is 2.97. The van der Waals surface area contributed by atoms with Crippen molar-refractivity contribution < 1.29 is 9.18 Å². The molecule has 0 saturated carbocycles. The van der Waals surface area contributed by atoms with Crippen molar-refractivity contribution in [1.82, 2.24) is 15.3 Å². The Bertz CT molecular complexity index is 768. The standard InChI is InChI=1S/C17H16FN3OS/c18-12-5-7-13(8-6-12)23-11-17(22)19-10-9-16-20-14-3-1-2-4-15(14)21-16/h1-8H,9-11H2,(H,19,22)(H,20,21). The Balaban J connectivity index is 1.43. The highest BCUT2D eigenvalue weighted by Gasteiger charge is 2.05. The highest BCUT2D eigenvalue weighted by atomic mass is 32.2. The van der Waals surface area contributed by atoms with Crippen molar-refractivity contribution in [3.63, 3.8) is 0 Å². The molecule has 3 aromatic rings. The first-order valence-electron chi connectivity index (χ1n) is 7.29. The summed E-state index contributed by atoms with van der Waals surface area (Å²) in [5.41, 5.74) is 1.93. The predicted molar refractivity (Wildman–Crippen MR) is 89.9 cm³/mol. The Hall–Kier alpha value is -2.34. The van der Waals surface area contributed by atoms with Crippen LogP contribution in [0.25, 0.3) is 11.0 Å². The average molecular weight is 329 g/mol. The van der Waals surface area contributed by atoms with E-state index in [9.17, 15) is 9.18 Å². The maximum absolute atomic E-state index is 12.8. The Morgan fingerprint density at radius 2 is 1.96 bits per heavy atom. The molecule has 3 rings (SSSR count). The molecule has 0 radical (unpaired) electrons. The largest absolute Gasteiger partial charge is 0.355 e. The van der Waals surface area contributed by atoms with E-state index in [-0.39, 0.29) is 11.7 Å². The number of rotatable bonds is 6. The number of carbonyl (C=O) groups is 1. The molecule has 23 heavy (non-hydrogen) atoms. The smallest absolute Gasteiger partial charge is 0.230 e. The second kappa shape index (κ2) is 7.28. The zero-order chi connectivity index (χ0) is 16.1. The molecule has 6 heteroatoms. The first kappa shape index (κ1) is 15.6. The van der Waals surface area contributed by atoms with Gasteiger partial charge < -0.3 is 10.3 Å². The molecular formula is C17H16FN3OS. The number of thioether (sulfide) groups is 1. The molecule has 118 valence electrons. The molecule has 1 aromatic heterocycles. The number of halogens is 1. The number of aromatic amines is 1. The third kappa shape index (κ3) is 4.32. The highest BCUT2D eigenvalue weighted by molar-refractivity contribution is 8.00. The van der Waals surface area contributed by atoms with Crippen LogP contribution in [-0.2, 0) is 11.2 Å². The summed E-state index contributed by atoms with van der Waals surface area (Å²) >= 11 is 1.39. The maximum Gasteiger partial charge on any atom is 0.230 e. The summed E-state index contributed by atoms with van der Waals surface area (Å²) < 4.78 is 12.8. The van der Waals surface area contributed by atoms with Crippen LogP contribution >= 0.6 is 11.8 Å². The van der Waals surface area contributed by atoms with E-state index in [1.54, 1.807) is 12.1 Å². The number of hydrogen-bond donors (Lipinski definition) is 2. The minimum Gasteiger partial charge on any atom is -0.355 e. The Kier molecular flexibility index (Phi) is 4.92. The number of aromatic nitrogens is 2. The van der Waals surface area contributed by atoms with Crippen LogP contribution in [0.5, 0.6) is 0 Å². The predicted octanol–water partition coefficient (Wildman–Crippen LogP) is 3.15. The number of nitrogens with zero attached hydrogens (tertiary/aromatic N) is 1. The van der Waals surface area contributed by atoms with Gasteiger partial charge in [-0.25, -0.2) is 9.37 Å². The fourth-order valence-electron chi connectivity index (χ4n) is 2.18. The van der Waals surface area contributed by atoms with Gasteiger partial charge in [0.25, 0.3) is 0 Å². The minimum atomic E-state index is -0.273. The fraction of sp³-hybridized carbons (Fsp3) is 0.176. The van der Waals surface area contributed by atoms with Crippen LogP contribution in [0.2, 0.25) is 0 Å². The van der Waals surface area contributed by atoms with Gasteiger partial charge in [-0.05, 0) is 36.4 Å². The molecule has 0 bridgehead atoms. The number of fused-ring (bicyclic) bond motifs is 1. The highest BCUT2D eigenvalue weighted by Crippen LogP contribution is 2.17. The molecule has 1 heterocycles. The van der Waals surface area contributed by atoms with Gasteiger partial charge in [-0.3, -0.25) is 4.79 Å². The van der Waals surface area contributed by atoms with E-state index >= 15 is 0 Å². The molecule has 1 amide bonds. The molecule has 0 aliphatic carbocycles. The second-order valence-corrected chi connectivity index (χ2v) is 6.09. The fourth-order valence-corrected chi connectivity index (χ4v) is 2.90. The first-order valence-corrected chi connectivity index (χ1v) is 8.28. The van der Waals surface area contributed by atoms with E-state index in [4.69, 9.17) is 0 Å². The molecule has 0 aliphatic heterocycles. The number of amides is 1. The van der Waals surface area contributed by atoms with Gasteiger partial charge in [-0.2, -0.15) is 0 Å². The number of nitrogens with one attached hydrogen (secondary N) is 2. The van der Waals surface area contributed by atoms with E-state index in [2.05, 4.69) is 15.3 Å². The summed E-state index contributed by atoms with van der Waals surface area (Å²) in [4.78, 5) is 20.4. The van der Waals surface area contributed by atoms with E-state index in [0.29, 0.717) is 18.7 Å². The SMILES string of the molecule is O=C(CSc1ccc(F)cc1)NCCc1nc2ccccc2[nH]1.